The number of carbonyl (C=O) groups excluding carboxylic acids is 1. The van der Waals surface area contributed by atoms with Crippen molar-refractivity contribution >= 4 is 17.5 Å². The highest BCUT2D eigenvalue weighted by molar-refractivity contribution is 6.04. The first-order chi connectivity index (χ1) is 13.6. The first-order valence-corrected chi connectivity index (χ1v) is 8.88. The normalized spacial score (nSPS) is 11.7. The molecule has 0 radical (unpaired) electrons. The Morgan fingerprint density at radius 2 is 1.79 bits per heavy atom. The van der Waals surface area contributed by atoms with Gasteiger partial charge >= 0.3 is 6.18 Å². The van der Waals surface area contributed by atoms with Crippen molar-refractivity contribution in [2.24, 2.45) is 0 Å². The number of hydrogen-bond acceptors (Lipinski definition) is 4. The van der Waals surface area contributed by atoms with Gasteiger partial charge in [-0.05, 0) is 51.1 Å². The summed E-state index contributed by atoms with van der Waals surface area (Å²) < 4.78 is 40.5. The third-order valence-corrected chi connectivity index (χ3v) is 4.27. The molecule has 3 rings (SSSR count). The van der Waals surface area contributed by atoms with Gasteiger partial charge in [0.05, 0.1) is 5.69 Å². The lowest BCUT2D eigenvalue weighted by Gasteiger charge is -2.13. The van der Waals surface area contributed by atoms with E-state index in [-0.39, 0.29) is 29.3 Å². The number of aromatic nitrogens is 3. The average Bonchev–Trinajstić information content (AvgIpc) is 3.08. The summed E-state index contributed by atoms with van der Waals surface area (Å²) in [6.07, 6.45) is -4.57. The maximum Gasteiger partial charge on any atom is 0.435 e. The van der Waals surface area contributed by atoms with Gasteiger partial charge in [0.1, 0.15) is 11.6 Å². The first-order valence-electron chi connectivity index (χ1n) is 8.88. The van der Waals surface area contributed by atoms with E-state index in [1.54, 1.807) is 26.0 Å². The summed E-state index contributed by atoms with van der Waals surface area (Å²) in [7, 11) is 0. The number of carbonyl (C=O) groups is 1. The standard InChI is InChI=1S/C20H20F3N5O/c1-11(2)28-15(10-16(27-28)20(21,22)23)14-8-9-17(25-18(14)24)26-19(29)13-6-4-12(3)5-7-13/h4-11H,1-3H3,(H3,24,25,26,29). The molecule has 0 saturated heterocycles. The van der Waals surface area contributed by atoms with Crippen molar-refractivity contribution in [3.63, 3.8) is 0 Å². The fourth-order valence-corrected chi connectivity index (χ4v) is 2.78. The number of benzene rings is 1. The summed E-state index contributed by atoms with van der Waals surface area (Å²) in [6.45, 7) is 5.35. The van der Waals surface area contributed by atoms with Crippen LogP contribution in [0.4, 0.5) is 24.8 Å². The van der Waals surface area contributed by atoms with Crippen LogP contribution in [0.25, 0.3) is 11.3 Å². The molecule has 152 valence electrons. The van der Waals surface area contributed by atoms with Crippen LogP contribution in [0, 0.1) is 6.92 Å². The molecule has 9 heteroatoms. The van der Waals surface area contributed by atoms with Crippen LogP contribution in [0.5, 0.6) is 0 Å². The molecule has 2 aromatic heterocycles. The lowest BCUT2D eigenvalue weighted by atomic mass is 10.1. The lowest BCUT2D eigenvalue weighted by molar-refractivity contribution is -0.141. The van der Waals surface area contributed by atoms with Gasteiger partial charge in [0.15, 0.2) is 5.69 Å². The summed E-state index contributed by atoms with van der Waals surface area (Å²) in [5, 5.41) is 6.29. The number of aryl methyl sites for hydroxylation is 1. The van der Waals surface area contributed by atoms with Crippen LogP contribution >= 0.6 is 0 Å². The molecular formula is C20H20F3N5O. The largest absolute Gasteiger partial charge is 0.435 e. The summed E-state index contributed by atoms with van der Waals surface area (Å²) in [5.74, 6) is -0.179. The monoisotopic (exact) mass is 403 g/mol. The molecule has 0 aliphatic carbocycles. The molecule has 2 heterocycles. The molecule has 0 unspecified atom stereocenters. The van der Waals surface area contributed by atoms with Crippen molar-refractivity contribution in [1.29, 1.82) is 0 Å². The topological polar surface area (TPSA) is 85.8 Å². The van der Waals surface area contributed by atoms with E-state index in [2.05, 4.69) is 15.4 Å². The van der Waals surface area contributed by atoms with Gasteiger partial charge in [-0.3, -0.25) is 9.48 Å². The molecule has 0 saturated carbocycles. The molecule has 0 fully saturated rings. The maximum atomic E-state index is 13.1. The number of pyridine rings is 1. The maximum absolute atomic E-state index is 13.1. The number of amides is 1. The lowest BCUT2D eigenvalue weighted by Crippen LogP contribution is -2.14. The molecule has 0 bridgehead atoms. The van der Waals surface area contributed by atoms with E-state index in [1.165, 1.54) is 16.8 Å². The van der Waals surface area contributed by atoms with Gasteiger partial charge in [0, 0.05) is 17.2 Å². The van der Waals surface area contributed by atoms with Crippen LogP contribution in [0.1, 0.15) is 41.5 Å². The highest BCUT2D eigenvalue weighted by atomic mass is 19.4. The second-order valence-electron chi connectivity index (χ2n) is 6.90. The number of hydrogen-bond donors (Lipinski definition) is 2. The van der Waals surface area contributed by atoms with Crippen molar-refractivity contribution in [2.75, 3.05) is 11.1 Å². The molecule has 0 atom stereocenters. The van der Waals surface area contributed by atoms with Crippen LogP contribution in [0.2, 0.25) is 0 Å². The predicted molar refractivity (Wildman–Crippen MR) is 104 cm³/mol. The number of nitrogen functional groups attached to an aromatic ring is 1. The molecule has 3 aromatic rings. The zero-order valence-corrected chi connectivity index (χ0v) is 16.1. The predicted octanol–water partition coefficient (Wildman–Crippen LogP) is 4.69. The van der Waals surface area contributed by atoms with Gasteiger partial charge < -0.3 is 11.1 Å². The van der Waals surface area contributed by atoms with Crippen molar-refractivity contribution in [2.45, 2.75) is 33.0 Å². The highest BCUT2D eigenvalue weighted by Crippen LogP contribution is 2.35. The SMILES string of the molecule is Cc1ccc(C(=O)Nc2ccc(-c3cc(C(F)(F)F)nn3C(C)C)c(N)n2)cc1. The average molecular weight is 403 g/mol. The molecular weight excluding hydrogens is 383 g/mol. The van der Waals surface area contributed by atoms with E-state index < -0.39 is 11.9 Å². The fourth-order valence-electron chi connectivity index (χ4n) is 2.78. The van der Waals surface area contributed by atoms with Crippen LogP contribution < -0.4 is 11.1 Å². The van der Waals surface area contributed by atoms with Gasteiger partial charge in [0.25, 0.3) is 5.91 Å². The Balaban J connectivity index is 1.91. The zero-order valence-electron chi connectivity index (χ0n) is 16.1. The number of nitrogens with one attached hydrogen (secondary N) is 1. The number of rotatable bonds is 4. The molecule has 29 heavy (non-hydrogen) atoms. The zero-order chi connectivity index (χ0) is 21.3. The Kier molecular flexibility index (Phi) is 5.32. The summed E-state index contributed by atoms with van der Waals surface area (Å²) in [5.41, 5.74) is 6.96. The van der Waals surface area contributed by atoms with E-state index >= 15 is 0 Å². The Labute approximate surface area is 165 Å². The van der Waals surface area contributed by atoms with E-state index in [1.807, 2.05) is 19.1 Å². The van der Waals surface area contributed by atoms with Gasteiger partial charge in [-0.2, -0.15) is 18.3 Å². The Morgan fingerprint density at radius 3 is 2.34 bits per heavy atom. The number of alkyl halides is 3. The second kappa shape index (κ2) is 7.57. The first kappa shape index (κ1) is 20.4. The van der Waals surface area contributed by atoms with Crippen molar-refractivity contribution in [3.05, 3.63) is 59.3 Å². The Hall–Kier alpha value is -3.36. The molecule has 3 N–H and O–H groups in total. The Morgan fingerprint density at radius 1 is 1.14 bits per heavy atom. The van der Waals surface area contributed by atoms with Gasteiger partial charge in [-0.15, -0.1) is 0 Å². The molecule has 1 aromatic carbocycles. The number of nitrogens with zero attached hydrogens (tertiary/aromatic N) is 3. The van der Waals surface area contributed by atoms with Crippen LogP contribution in [-0.4, -0.2) is 20.7 Å². The van der Waals surface area contributed by atoms with Crippen molar-refractivity contribution in [3.8, 4) is 11.3 Å². The molecule has 0 aliphatic rings. The summed E-state index contributed by atoms with van der Waals surface area (Å²) >= 11 is 0. The second-order valence-corrected chi connectivity index (χ2v) is 6.90. The van der Waals surface area contributed by atoms with Crippen LogP contribution in [-0.2, 0) is 6.18 Å². The number of nitrogens with two attached hydrogens (primary N) is 1. The minimum atomic E-state index is -4.57. The number of halogens is 3. The summed E-state index contributed by atoms with van der Waals surface area (Å²) in [4.78, 5) is 16.4. The third kappa shape index (κ3) is 4.39. The van der Waals surface area contributed by atoms with Crippen molar-refractivity contribution < 1.29 is 18.0 Å². The van der Waals surface area contributed by atoms with Gasteiger partial charge in [-0.25, -0.2) is 4.98 Å². The Bertz CT molecular complexity index is 1040. The van der Waals surface area contributed by atoms with Crippen LogP contribution in [0.3, 0.4) is 0 Å². The van der Waals surface area contributed by atoms with E-state index in [0.29, 0.717) is 11.1 Å². The highest BCUT2D eigenvalue weighted by Gasteiger charge is 2.35. The number of anilines is 2. The molecule has 0 spiro atoms. The smallest absolute Gasteiger partial charge is 0.383 e. The third-order valence-electron chi connectivity index (χ3n) is 4.27. The minimum absolute atomic E-state index is 0.0118. The van der Waals surface area contributed by atoms with Crippen molar-refractivity contribution in [1.82, 2.24) is 14.8 Å². The minimum Gasteiger partial charge on any atom is -0.383 e. The van der Waals surface area contributed by atoms with E-state index in [9.17, 15) is 18.0 Å². The van der Waals surface area contributed by atoms with E-state index in [4.69, 9.17) is 5.73 Å². The molecule has 1 amide bonds. The van der Waals surface area contributed by atoms with E-state index in [0.717, 1.165) is 11.6 Å². The van der Waals surface area contributed by atoms with Crippen LogP contribution in [0.15, 0.2) is 42.5 Å². The van der Waals surface area contributed by atoms with Gasteiger partial charge in [0.2, 0.25) is 0 Å². The fraction of sp³-hybridized carbons (Fsp3) is 0.250. The summed E-state index contributed by atoms with van der Waals surface area (Å²) in [6, 6.07) is 10.6. The van der Waals surface area contributed by atoms with Gasteiger partial charge in [-0.1, -0.05) is 17.7 Å². The quantitative estimate of drug-likeness (QED) is 0.662. The molecule has 6 nitrogen and oxygen atoms in total. The molecule has 0 aliphatic heterocycles.